The third-order valence-corrected chi connectivity index (χ3v) is 4.96. The minimum atomic E-state index is -2.56. The number of hydrogen-bond donors (Lipinski definition) is 1. The maximum Gasteiger partial charge on any atom is 0.272 e. The summed E-state index contributed by atoms with van der Waals surface area (Å²) in [5.41, 5.74) is 2.55. The number of ether oxygens (including phenoxy) is 1. The molecule has 1 fully saturated rings. The summed E-state index contributed by atoms with van der Waals surface area (Å²) in [5.74, 6) is 0.258. The molecule has 2 heterocycles. The van der Waals surface area contributed by atoms with Gasteiger partial charge in [0.1, 0.15) is 5.78 Å². The summed E-state index contributed by atoms with van der Waals surface area (Å²) in [7, 11) is 0. The van der Waals surface area contributed by atoms with E-state index in [0.717, 1.165) is 24.0 Å². The number of amides is 1. The molecule has 1 amide bonds. The molecule has 1 saturated carbocycles. The molecule has 0 aliphatic heterocycles. The molecule has 0 aromatic carbocycles. The number of carbonyl (C=O) groups is 2. The molecule has 6 nitrogen and oxygen atoms in total. The Morgan fingerprint density at radius 2 is 2.03 bits per heavy atom. The van der Waals surface area contributed by atoms with E-state index in [1.54, 1.807) is 19.1 Å². The van der Waals surface area contributed by atoms with Crippen LogP contribution < -0.4 is 10.1 Å². The zero-order valence-electron chi connectivity index (χ0n) is 17.0. The Labute approximate surface area is 174 Å². The highest BCUT2D eigenvalue weighted by Crippen LogP contribution is 2.44. The summed E-state index contributed by atoms with van der Waals surface area (Å²) >= 11 is 0. The predicted octanol–water partition coefficient (Wildman–Crippen LogP) is 4.01. The highest BCUT2D eigenvalue weighted by molar-refractivity contribution is 5.94. The number of nitrogens with one attached hydrogen (secondary N) is 1. The van der Waals surface area contributed by atoms with Crippen LogP contribution in [-0.4, -0.2) is 34.7 Å². The highest BCUT2D eigenvalue weighted by Gasteiger charge is 2.29. The van der Waals surface area contributed by atoms with Gasteiger partial charge >= 0.3 is 0 Å². The zero-order valence-corrected chi connectivity index (χ0v) is 17.0. The number of carbonyl (C=O) groups excluding carboxylic acids is 2. The number of nitrogens with zero attached hydrogens (tertiary/aromatic N) is 2. The number of aromatic nitrogens is 2. The monoisotopic (exact) mass is 417 g/mol. The number of alkyl halides is 2. The van der Waals surface area contributed by atoms with Gasteiger partial charge in [-0.2, -0.15) is 0 Å². The van der Waals surface area contributed by atoms with Gasteiger partial charge in [0.25, 0.3) is 12.3 Å². The third kappa shape index (κ3) is 5.81. The van der Waals surface area contributed by atoms with Crippen molar-refractivity contribution in [2.75, 3.05) is 6.61 Å². The topological polar surface area (TPSA) is 81.2 Å². The lowest BCUT2D eigenvalue weighted by molar-refractivity contribution is -0.118. The first kappa shape index (κ1) is 21.8. The third-order valence-electron chi connectivity index (χ3n) is 4.96. The van der Waals surface area contributed by atoms with Crippen molar-refractivity contribution in [3.63, 3.8) is 0 Å². The van der Waals surface area contributed by atoms with Crippen molar-refractivity contribution in [3.05, 3.63) is 53.0 Å². The van der Waals surface area contributed by atoms with Gasteiger partial charge in [0, 0.05) is 42.1 Å². The van der Waals surface area contributed by atoms with E-state index in [0.29, 0.717) is 17.7 Å². The van der Waals surface area contributed by atoms with Crippen molar-refractivity contribution in [2.24, 2.45) is 0 Å². The summed E-state index contributed by atoms with van der Waals surface area (Å²) in [6.45, 7) is 2.92. The first-order valence-corrected chi connectivity index (χ1v) is 10.1. The van der Waals surface area contributed by atoms with Gasteiger partial charge in [-0.25, -0.2) is 13.8 Å². The van der Waals surface area contributed by atoms with E-state index in [2.05, 4.69) is 15.3 Å². The second kappa shape index (κ2) is 9.73. The van der Waals surface area contributed by atoms with Crippen LogP contribution in [0.4, 0.5) is 8.78 Å². The maximum atomic E-state index is 12.7. The average Bonchev–Trinajstić information content (AvgIpc) is 3.57. The van der Waals surface area contributed by atoms with Crippen LogP contribution in [0.1, 0.15) is 72.2 Å². The number of hydrogen-bond acceptors (Lipinski definition) is 5. The molecule has 1 aliphatic rings. The van der Waals surface area contributed by atoms with E-state index >= 15 is 0 Å². The van der Waals surface area contributed by atoms with Crippen molar-refractivity contribution >= 4 is 11.7 Å². The van der Waals surface area contributed by atoms with Crippen LogP contribution in [0.2, 0.25) is 0 Å². The lowest BCUT2D eigenvalue weighted by Gasteiger charge is -2.17. The van der Waals surface area contributed by atoms with Gasteiger partial charge in [-0.1, -0.05) is 6.92 Å². The Kier molecular flexibility index (Phi) is 7.07. The number of halogens is 2. The fourth-order valence-corrected chi connectivity index (χ4v) is 3.08. The first-order chi connectivity index (χ1) is 14.4. The van der Waals surface area contributed by atoms with Crippen LogP contribution in [0.5, 0.6) is 5.88 Å². The van der Waals surface area contributed by atoms with Crippen LogP contribution in [0.3, 0.4) is 0 Å². The summed E-state index contributed by atoms with van der Waals surface area (Å²) < 4.78 is 30.1. The molecule has 1 N–H and O–H groups in total. The summed E-state index contributed by atoms with van der Waals surface area (Å²) in [6.07, 6.45) is 3.04. The molecular formula is C22H25F2N3O3. The van der Waals surface area contributed by atoms with Crippen molar-refractivity contribution < 1.29 is 23.1 Å². The molecule has 0 bridgehead atoms. The summed E-state index contributed by atoms with van der Waals surface area (Å²) in [6, 6.07) is 4.73. The minimum absolute atomic E-state index is 0.0567. The Balaban J connectivity index is 1.70. The van der Waals surface area contributed by atoms with Gasteiger partial charge in [0.05, 0.1) is 6.04 Å². The molecule has 2 aromatic rings. The van der Waals surface area contributed by atoms with Gasteiger partial charge in [0.15, 0.2) is 6.61 Å². The quantitative estimate of drug-likeness (QED) is 0.632. The largest absolute Gasteiger partial charge is 0.471 e. The molecule has 160 valence electrons. The Hall–Kier alpha value is -2.90. The number of Topliss-reactive ketones (excluding diaryl/α,β-unsaturated/α-hetero) is 1. The molecule has 3 rings (SSSR count). The van der Waals surface area contributed by atoms with Crippen molar-refractivity contribution in [1.82, 2.24) is 15.3 Å². The maximum absolute atomic E-state index is 12.7. The van der Waals surface area contributed by atoms with Crippen molar-refractivity contribution in [3.8, 4) is 5.88 Å². The Bertz CT molecular complexity index is 916. The van der Waals surface area contributed by atoms with Crippen LogP contribution in [0, 0.1) is 0 Å². The molecule has 0 radical (unpaired) electrons. The zero-order chi connectivity index (χ0) is 21.7. The molecule has 0 spiro atoms. The van der Waals surface area contributed by atoms with Gasteiger partial charge in [-0.3, -0.25) is 14.6 Å². The molecule has 30 heavy (non-hydrogen) atoms. The normalized spacial score (nSPS) is 14.4. The van der Waals surface area contributed by atoms with Crippen LogP contribution in [0.25, 0.3) is 0 Å². The molecule has 2 aromatic heterocycles. The van der Waals surface area contributed by atoms with Gasteiger partial charge < -0.3 is 10.1 Å². The Morgan fingerprint density at radius 1 is 1.27 bits per heavy atom. The van der Waals surface area contributed by atoms with E-state index in [1.165, 1.54) is 12.4 Å². The minimum Gasteiger partial charge on any atom is -0.471 e. The molecule has 1 aliphatic carbocycles. The molecule has 0 saturated heterocycles. The number of pyridine rings is 2. The highest BCUT2D eigenvalue weighted by atomic mass is 19.3. The summed E-state index contributed by atoms with van der Waals surface area (Å²) in [5, 5.41) is 2.91. The second-order valence-corrected chi connectivity index (χ2v) is 7.44. The lowest BCUT2D eigenvalue weighted by atomic mass is 10.0. The van der Waals surface area contributed by atoms with E-state index in [1.807, 2.05) is 13.0 Å². The van der Waals surface area contributed by atoms with E-state index < -0.39 is 13.0 Å². The fourth-order valence-electron chi connectivity index (χ4n) is 3.08. The lowest BCUT2D eigenvalue weighted by Crippen LogP contribution is -2.27. The number of rotatable bonds is 10. The van der Waals surface area contributed by atoms with E-state index in [4.69, 9.17) is 4.74 Å². The SMILES string of the molecule is CCC(=O)Cc1cc(C(=O)NC(C)c2cnc(OCC(F)F)c(C3CC3)c2)ccn1. The molecule has 8 heteroatoms. The predicted molar refractivity (Wildman–Crippen MR) is 107 cm³/mol. The second-order valence-electron chi connectivity index (χ2n) is 7.44. The summed E-state index contributed by atoms with van der Waals surface area (Å²) in [4.78, 5) is 32.6. The van der Waals surface area contributed by atoms with Crippen molar-refractivity contribution in [2.45, 2.75) is 57.9 Å². The van der Waals surface area contributed by atoms with Crippen LogP contribution >= 0.6 is 0 Å². The molecule has 1 atom stereocenters. The molecule has 1 unspecified atom stereocenters. The standard InChI is InChI=1S/C22H25F2N3O3/c1-3-18(28)10-17-8-15(6-7-25-17)21(29)27-13(2)16-9-19(14-4-5-14)22(26-11-16)30-12-20(23)24/h6-9,11,13-14,20H,3-5,10,12H2,1-2H3,(H,27,29). The van der Waals surface area contributed by atoms with E-state index in [9.17, 15) is 18.4 Å². The van der Waals surface area contributed by atoms with Gasteiger partial charge in [0.2, 0.25) is 5.88 Å². The van der Waals surface area contributed by atoms with E-state index in [-0.39, 0.29) is 36.0 Å². The van der Waals surface area contributed by atoms with Crippen LogP contribution in [0.15, 0.2) is 30.6 Å². The first-order valence-electron chi connectivity index (χ1n) is 10.1. The smallest absolute Gasteiger partial charge is 0.272 e. The van der Waals surface area contributed by atoms with Crippen LogP contribution in [-0.2, 0) is 11.2 Å². The van der Waals surface area contributed by atoms with Gasteiger partial charge in [-0.15, -0.1) is 0 Å². The number of ketones is 1. The average molecular weight is 417 g/mol. The molecular weight excluding hydrogens is 392 g/mol. The van der Waals surface area contributed by atoms with Gasteiger partial charge in [-0.05, 0) is 49.4 Å². The fraction of sp³-hybridized carbons (Fsp3) is 0.455. The Morgan fingerprint density at radius 3 is 2.70 bits per heavy atom. The van der Waals surface area contributed by atoms with Crippen molar-refractivity contribution in [1.29, 1.82) is 0 Å².